The highest BCUT2D eigenvalue weighted by atomic mass is 32.1. The van der Waals surface area contributed by atoms with Crippen LogP contribution in [0.15, 0.2) is 29.8 Å². The molecule has 0 unspecified atom stereocenters. The predicted octanol–water partition coefficient (Wildman–Crippen LogP) is 3.87. The highest BCUT2D eigenvalue weighted by Crippen LogP contribution is 2.31. The van der Waals surface area contributed by atoms with Crippen molar-refractivity contribution in [2.45, 2.75) is 6.92 Å². The van der Waals surface area contributed by atoms with Gasteiger partial charge in [-0.2, -0.15) is 5.26 Å². The number of nitriles is 1. The summed E-state index contributed by atoms with van der Waals surface area (Å²) in [6.45, 7) is 5.19. The molecule has 1 aromatic carbocycles. The van der Waals surface area contributed by atoms with Crippen LogP contribution in [0, 0.1) is 18.3 Å². The van der Waals surface area contributed by atoms with Gasteiger partial charge in [0.2, 0.25) is 0 Å². The lowest BCUT2D eigenvalue weighted by atomic mass is 10.3. The van der Waals surface area contributed by atoms with Crippen LogP contribution in [0.1, 0.15) is 10.7 Å². The zero-order valence-electron chi connectivity index (χ0n) is 14.2. The number of morpholine rings is 1. The minimum Gasteiger partial charge on any atom is -0.378 e. The molecule has 1 N–H and O–H groups in total. The summed E-state index contributed by atoms with van der Waals surface area (Å²) in [4.78, 5) is 11.4. The number of hydrogen-bond donors (Lipinski definition) is 1. The monoisotopic (exact) mass is 383 g/mol. The minimum atomic E-state index is 0.529. The zero-order valence-corrected chi connectivity index (χ0v) is 15.9. The van der Waals surface area contributed by atoms with Crippen LogP contribution in [0.5, 0.6) is 0 Å². The number of hydrogen-bond acceptors (Lipinski definition) is 8. The van der Waals surface area contributed by atoms with Gasteiger partial charge in [-0.05, 0) is 25.1 Å². The second-order valence-electron chi connectivity index (χ2n) is 5.89. The molecule has 0 saturated carbocycles. The van der Waals surface area contributed by atoms with Crippen LogP contribution in [-0.2, 0) is 4.74 Å². The Bertz CT molecular complexity index is 995. The van der Waals surface area contributed by atoms with Gasteiger partial charge >= 0.3 is 0 Å². The van der Waals surface area contributed by atoms with Crippen LogP contribution in [0.3, 0.4) is 0 Å². The lowest BCUT2D eigenvalue weighted by molar-refractivity contribution is 0.122. The van der Waals surface area contributed by atoms with Crippen molar-refractivity contribution < 1.29 is 4.74 Å². The third-order valence-corrected chi connectivity index (χ3v) is 6.08. The molecule has 3 heterocycles. The number of aromatic nitrogens is 2. The van der Waals surface area contributed by atoms with E-state index in [4.69, 9.17) is 9.72 Å². The van der Waals surface area contributed by atoms with Crippen molar-refractivity contribution in [3.05, 3.63) is 40.5 Å². The first-order chi connectivity index (χ1) is 12.7. The van der Waals surface area contributed by atoms with Crippen LogP contribution in [0.25, 0.3) is 15.8 Å². The molecule has 1 aliphatic rings. The van der Waals surface area contributed by atoms with E-state index in [0.29, 0.717) is 5.57 Å². The van der Waals surface area contributed by atoms with Crippen molar-refractivity contribution in [3.8, 4) is 6.07 Å². The first-order valence-electron chi connectivity index (χ1n) is 8.25. The third kappa shape index (κ3) is 3.55. The maximum Gasteiger partial charge on any atom is 0.186 e. The van der Waals surface area contributed by atoms with E-state index in [1.54, 1.807) is 17.5 Å². The molecule has 1 aliphatic heterocycles. The molecule has 0 aliphatic carbocycles. The summed E-state index contributed by atoms with van der Waals surface area (Å²) in [5.41, 5.74) is 3.37. The summed E-state index contributed by atoms with van der Waals surface area (Å²) in [7, 11) is 0. The van der Waals surface area contributed by atoms with Crippen molar-refractivity contribution >= 4 is 49.3 Å². The maximum absolute atomic E-state index is 9.37. The van der Waals surface area contributed by atoms with E-state index in [0.717, 1.165) is 58.0 Å². The standard InChI is InChI=1S/C18H17N5OS2/c1-12-11-25-17(21-12)13(9-19)10-20-14-2-3-15-16(8-14)26-18(22-15)23-4-6-24-7-5-23/h2-3,8,10-11,20H,4-7H2,1H3/b13-10+. The molecule has 3 aromatic rings. The number of benzene rings is 1. The molecule has 2 aromatic heterocycles. The van der Waals surface area contributed by atoms with E-state index in [1.165, 1.54) is 11.3 Å². The smallest absolute Gasteiger partial charge is 0.186 e. The average Bonchev–Trinajstić information content (AvgIpc) is 3.29. The topological polar surface area (TPSA) is 74.1 Å². The quantitative estimate of drug-likeness (QED) is 0.689. The number of rotatable bonds is 4. The molecular weight excluding hydrogens is 366 g/mol. The van der Waals surface area contributed by atoms with Crippen LogP contribution in [-0.4, -0.2) is 36.3 Å². The normalized spacial score (nSPS) is 15.2. The summed E-state index contributed by atoms with van der Waals surface area (Å²) < 4.78 is 6.52. The molecule has 26 heavy (non-hydrogen) atoms. The molecule has 6 nitrogen and oxygen atoms in total. The largest absolute Gasteiger partial charge is 0.378 e. The number of fused-ring (bicyclic) bond motifs is 1. The molecule has 8 heteroatoms. The Balaban J connectivity index is 1.55. The maximum atomic E-state index is 9.37. The number of allylic oxidation sites excluding steroid dienone is 1. The fourth-order valence-corrected chi connectivity index (χ4v) is 4.49. The highest BCUT2D eigenvalue weighted by Gasteiger charge is 2.15. The number of nitrogens with one attached hydrogen (secondary N) is 1. The van der Waals surface area contributed by atoms with Gasteiger partial charge < -0.3 is 15.0 Å². The number of anilines is 2. The number of nitrogens with zero attached hydrogens (tertiary/aromatic N) is 4. The van der Waals surface area contributed by atoms with Gasteiger partial charge in [-0.25, -0.2) is 9.97 Å². The minimum absolute atomic E-state index is 0.529. The van der Waals surface area contributed by atoms with Crippen LogP contribution in [0.2, 0.25) is 0 Å². The number of ether oxygens (including phenoxy) is 1. The second-order valence-corrected chi connectivity index (χ2v) is 7.75. The Morgan fingerprint density at radius 3 is 2.92 bits per heavy atom. The Hall–Kier alpha value is -2.47. The predicted molar refractivity (Wildman–Crippen MR) is 107 cm³/mol. The number of aryl methyl sites for hydroxylation is 1. The van der Waals surface area contributed by atoms with Gasteiger partial charge in [-0.15, -0.1) is 11.3 Å². The van der Waals surface area contributed by atoms with Crippen molar-refractivity contribution in [1.29, 1.82) is 5.26 Å². The van der Waals surface area contributed by atoms with Crippen molar-refractivity contribution in [3.63, 3.8) is 0 Å². The van der Waals surface area contributed by atoms with Gasteiger partial charge in [-0.1, -0.05) is 11.3 Å². The first kappa shape index (κ1) is 17.0. The first-order valence-corrected chi connectivity index (χ1v) is 9.95. The fourth-order valence-electron chi connectivity index (χ4n) is 2.67. The molecule has 0 radical (unpaired) electrons. The Labute approximate surface area is 159 Å². The van der Waals surface area contributed by atoms with Gasteiger partial charge in [0.05, 0.1) is 23.4 Å². The summed E-state index contributed by atoms with van der Waals surface area (Å²) in [6, 6.07) is 8.25. The van der Waals surface area contributed by atoms with E-state index in [-0.39, 0.29) is 0 Å². The van der Waals surface area contributed by atoms with Gasteiger partial charge in [-0.3, -0.25) is 0 Å². The summed E-state index contributed by atoms with van der Waals surface area (Å²) in [6.07, 6.45) is 1.71. The van der Waals surface area contributed by atoms with Crippen LogP contribution >= 0.6 is 22.7 Å². The SMILES string of the molecule is Cc1csc(/C(C#N)=C/Nc2ccc3nc(N4CCOCC4)sc3c2)n1. The van der Waals surface area contributed by atoms with Gasteiger partial charge in [0.1, 0.15) is 16.6 Å². The van der Waals surface area contributed by atoms with Gasteiger partial charge in [0, 0.05) is 36.1 Å². The summed E-state index contributed by atoms with van der Waals surface area (Å²) >= 11 is 3.15. The highest BCUT2D eigenvalue weighted by molar-refractivity contribution is 7.22. The van der Waals surface area contributed by atoms with Crippen molar-refractivity contribution in [2.75, 3.05) is 36.5 Å². The molecule has 0 bridgehead atoms. The third-order valence-electron chi connectivity index (χ3n) is 4.01. The zero-order chi connectivity index (χ0) is 17.9. The van der Waals surface area contributed by atoms with Gasteiger partial charge in [0.15, 0.2) is 5.13 Å². The molecule has 1 fully saturated rings. The molecule has 132 valence electrons. The van der Waals surface area contributed by atoms with Crippen LogP contribution in [0.4, 0.5) is 10.8 Å². The molecule has 4 rings (SSSR count). The molecule has 0 atom stereocenters. The lowest BCUT2D eigenvalue weighted by Gasteiger charge is -2.25. The van der Waals surface area contributed by atoms with E-state index < -0.39 is 0 Å². The van der Waals surface area contributed by atoms with E-state index in [9.17, 15) is 5.26 Å². The fraction of sp³-hybridized carbons (Fsp3) is 0.278. The van der Waals surface area contributed by atoms with Crippen molar-refractivity contribution in [1.82, 2.24) is 9.97 Å². The Morgan fingerprint density at radius 1 is 1.35 bits per heavy atom. The van der Waals surface area contributed by atoms with E-state index >= 15 is 0 Å². The molecule has 0 amide bonds. The second kappa shape index (κ2) is 7.41. The summed E-state index contributed by atoms with van der Waals surface area (Å²) in [5, 5.41) is 16.3. The lowest BCUT2D eigenvalue weighted by Crippen LogP contribution is -2.36. The molecule has 1 saturated heterocycles. The summed E-state index contributed by atoms with van der Waals surface area (Å²) in [5.74, 6) is 0. The number of thiazole rings is 2. The molecule has 0 spiro atoms. The van der Waals surface area contributed by atoms with Gasteiger partial charge in [0.25, 0.3) is 0 Å². The van der Waals surface area contributed by atoms with E-state index in [1.807, 2.05) is 24.4 Å². The van der Waals surface area contributed by atoms with Crippen molar-refractivity contribution in [2.24, 2.45) is 0 Å². The molecular formula is C18H17N5OS2. The Morgan fingerprint density at radius 2 is 2.19 bits per heavy atom. The Kier molecular flexibility index (Phi) is 4.84. The van der Waals surface area contributed by atoms with Crippen LogP contribution < -0.4 is 10.2 Å². The average molecular weight is 384 g/mol. The van der Waals surface area contributed by atoms with E-state index in [2.05, 4.69) is 27.3 Å².